The Morgan fingerprint density at radius 1 is 1.08 bits per heavy atom. The minimum absolute atomic E-state index is 0.0381. The highest BCUT2D eigenvalue weighted by atomic mass is 16.2. The van der Waals surface area contributed by atoms with Crippen molar-refractivity contribution in [3.63, 3.8) is 0 Å². The molecule has 134 valence electrons. The van der Waals surface area contributed by atoms with Gasteiger partial charge in [-0.2, -0.15) is 0 Å². The summed E-state index contributed by atoms with van der Waals surface area (Å²) in [6.07, 6.45) is 5.87. The van der Waals surface area contributed by atoms with Crippen molar-refractivity contribution in [2.24, 2.45) is 5.92 Å². The molecule has 0 aromatic carbocycles. The predicted octanol–water partition coefficient (Wildman–Crippen LogP) is 1.29. The first-order chi connectivity index (χ1) is 11.5. The summed E-state index contributed by atoms with van der Waals surface area (Å²) in [4.78, 5) is 40.8. The zero-order valence-electron chi connectivity index (χ0n) is 14.8. The van der Waals surface area contributed by atoms with Gasteiger partial charge in [-0.1, -0.05) is 6.42 Å². The number of carbonyl (C=O) groups excluding carboxylic acids is 3. The molecule has 6 nitrogen and oxygen atoms in total. The fourth-order valence-electron chi connectivity index (χ4n) is 4.08. The number of hydrogen-bond donors (Lipinski definition) is 1. The highest BCUT2D eigenvalue weighted by Gasteiger charge is 2.42. The number of hydrogen-bond acceptors (Lipinski definition) is 3. The number of rotatable bonds is 4. The van der Waals surface area contributed by atoms with Gasteiger partial charge in [0.25, 0.3) is 0 Å². The van der Waals surface area contributed by atoms with Crippen molar-refractivity contribution < 1.29 is 14.4 Å². The summed E-state index contributed by atoms with van der Waals surface area (Å²) in [5, 5.41) is 2.93. The molecule has 3 fully saturated rings. The lowest BCUT2D eigenvalue weighted by Gasteiger charge is -2.41. The summed E-state index contributed by atoms with van der Waals surface area (Å²) in [5.74, 6) is 0.576. The molecule has 1 saturated carbocycles. The zero-order valence-corrected chi connectivity index (χ0v) is 14.8. The summed E-state index contributed by atoms with van der Waals surface area (Å²) < 4.78 is 0. The molecule has 0 bridgehead atoms. The lowest BCUT2D eigenvalue weighted by molar-refractivity contribution is -0.143. The van der Waals surface area contributed by atoms with Gasteiger partial charge in [-0.3, -0.25) is 14.4 Å². The van der Waals surface area contributed by atoms with Crippen molar-refractivity contribution in [3.8, 4) is 0 Å². The van der Waals surface area contributed by atoms with Crippen LogP contribution in [0.4, 0.5) is 0 Å². The second kappa shape index (κ2) is 7.11. The van der Waals surface area contributed by atoms with E-state index in [0.717, 1.165) is 25.7 Å². The maximum absolute atomic E-state index is 12.4. The number of amides is 3. The van der Waals surface area contributed by atoms with Crippen LogP contribution in [0.25, 0.3) is 0 Å². The first-order valence-corrected chi connectivity index (χ1v) is 9.37. The topological polar surface area (TPSA) is 69.7 Å². The highest BCUT2D eigenvalue weighted by Crippen LogP contribution is 2.31. The Kier molecular flexibility index (Phi) is 5.11. The van der Waals surface area contributed by atoms with Gasteiger partial charge >= 0.3 is 0 Å². The molecule has 0 spiro atoms. The molecule has 1 unspecified atom stereocenters. The molecular weight excluding hydrogens is 306 g/mol. The van der Waals surface area contributed by atoms with Crippen LogP contribution in [0.2, 0.25) is 0 Å². The van der Waals surface area contributed by atoms with E-state index in [-0.39, 0.29) is 35.9 Å². The van der Waals surface area contributed by atoms with Crippen molar-refractivity contribution in [1.82, 2.24) is 15.1 Å². The fourth-order valence-corrected chi connectivity index (χ4v) is 4.08. The van der Waals surface area contributed by atoms with E-state index in [1.54, 1.807) is 0 Å². The van der Waals surface area contributed by atoms with Gasteiger partial charge in [-0.15, -0.1) is 0 Å². The predicted molar refractivity (Wildman–Crippen MR) is 90.1 cm³/mol. The van der Waals surface area contributed by atoms with E-state index in [2.05, 4.69) is 5.32 Å². The summed E-state index contributed by atoms with van der Waals surface area (Å²) >= 11 is 0. The molecule has 24 heavy (non-hydrogen) atoms. The standard InChI is InChI=1S/C18H29N3O3/c1-12(2)19-17(23)15-6-7-16(22)21(15)14-8-10-20(11-9-14)18(24)13-4-3-5-13/h12-15H,3-11H2,1-2H3,(H,19,23). The van der Waals surface area contributed by atoms with Crippen LogP contribution in [0, 0.1) is 5.92 Å². The second-order valence-electron chi connectivity index (χ2n) is 7.70. The Labute approximate surface area is 143 Å². The van der Waals surface area contributed by atoms with Crippen LogP contribution < -0.4 is 5.32 Å². The molecule has 1 aliphatic carbocycles. The van der Waals surface area contributed by atoms with Crippen molar-refractivity contribution in [1.29, 1.82) is 0 Å². The van der Waals surface area contributed by atoms with Crippen LogP contribution in [0.15, 0.2) is 0 Å². The van der Waals surface area contributed by atoms with Crippen LogP contribution in [0.1, 0.15) is 58.8 Å². The Morgan fingerprint density at radius 2 is 1.75 bits per heavy atom. The third kappa shape index (κ3) is 3.42. The average Bonchev–Trinajstić information content (AvgIpc) is 2.87. The Hall–Kier alpha value is -1.59. The number of nitrogens with zero attached hydrogens (tertiary/aromatic N) is 2. The number of nitrogens with one attached hydrogen (secondary N) is 1. The largest absolute Gasteiger partial charge is 0.352 e. The minimum Gasteiger partial charge on any atom is -0.352 e. The number of likely N-dealkylation sites (tertiary alicyclic amines) is 2. The van der Waals surface area contributed by atoms with E-state index < -0.39 is 0 Å². The fraction of sp³-hybridized carbons (Fsp3) is 0.833. The van der Waals surface area contributed by atoms with Gasteiger partial charge in [-0.05, 0) is 46.0 Å². The molecule has 2 aliphatic heterocycles. The minimum atomic E-state index is -0.334. The van der Waals surface area contributed by atoms with Crippen LogP contribution in [-0.4, -0.2) is 58.7 Å². The molecule has 1 N–H and O–H groups in total. The SMILES string of the molecule is CC(C)NC(=O)C1CCC(=O)N1C1CCN(C(=O)C2CCC2)CC1. The third-order valence-corrected chi connectivity index (χ3v) is 5.61. The molecule has 2 heterocycles. The monoisotopic (exact) mass is 335 g/mol. The zero-order chi connectivity index (χ0) is 17.3. The molecule has 3 aliphatic rings. The van der Waals surface area contributed by atoms with Crippen LogP contribution in [0.3, 0.4) is 0 Å². The van der Waals surface area contributed by atoms with Gasteiger partial charge < -0.3 is 15.1 Å². The molecule has 1 atom stereocenters. The second-order valence-corrected chi connectivity index (χ2v) is 7.70. The van der Waals surface area contributed by atoms with E-state index in [1.165, 1.54) is 6.42 Å². The van der Waals surface area contributed by atoms with E-state index in [0.29, 0.717) is 31.8 Å². The molecule has 0 radical (unpaired) electrons. The van der Waals surface area contributed by atoms with E-state index in [1.807, 2.05) is 23.6 Å². The van der Waals surface area contributed by atoms with Gasteiger partial charge in [0.1, 0.15) is 6.04 Å². The van der Waals surface area contributed by atoms with Crippen LogP contribution in [-0.2, 0) is 14.4 Å². The molecule has 0 aromatic heterocycles. The molecule has 2 saturated heterocycles. The molecule has 3 rings (SSSR count). The highest BCUT2D eigenvalue weighted by molar-refractivity contribution is 5.91. The van der Waals surface area contributed by atoms with Gasteiger partial charge in [0.2, 0.25) is 17.7 Å². The van der Waals surface area contributed by atoms with Crippen molar-refractivity contribution in [2.75, 3.05) is 13.1 Å². The summed E-state index contributed by atoms with van der Waals surface area (Å²) in [5.41, 5.74) is 0. The van der Waals surface area contributed by atoms with Crippen molar-refractivity contribution in [3.05, 3.63) is 0 Å². The number of piperidine rings is 1. The Morgan fingerprint density at radius 3 is 2.29 bits per heavy atom. The summed E-state index contributed by atoms with van der Waals surface area (Å²) in [6, 6.07) is -0.163. The lowest BCUT2D eigenvalue weighted by atomic mass is 9.84. The summed E-state index contributed by atoms with van der Waals surface area (Å²) in [6.45, 7) is 5.29. The third-order valence-electron chi connectivity index (χ3n) is 5.61. The molecular formula is C18H29N3O3. The molecule has 0 aromatic rings. The molecule has 6 heteroatoms. The van der Waals surface area contributed by atoms with Gasteiger partial charge in [0.15, 0.2) is 0 Å². The quantitative estimate of drug-likeness (QED) is 0.842. The average molecular weight is 335 g/mol. The van der Waals surface area contributed by atoms with Gasteiger partial charge in [-0.25, -0.2) is 0 Å². The Bertz CT molecular complexity index is 508. The maximum Gasteiger partial charge on any atom is 0.243 e. The number of carbonyl (C=O) groups is 3. The van der Waals surface area contributed by atoms with Crippen LogP contribution in [0.5, 0.6) is 0 Å². The Balaban J connectivity index is 1.58. The first kappa shape index (κ1) is 17.2. The van der Waals surface area contributed by atoms with Gasteiger partial charge in [0.05, 0.1) is 0 Å². The van der Waals surface area contributed by atoms with Gasteiger partial charge in [0, 0.05) is 37.5 Å². The molecule has 3 amide bonds. The van der Waals surface area contributed by atoms with E-state index in [9.17, 15) is 14.4 Å². The normalized spacial score (nSPS) is 26.0. The van der Waals surface area contributed by atoms with Crippen LogP contribution >= 0.6 is 0 Å². The maximum atomic E-state index is 12.4. The van der Waals surface area contributed by atoms with E-state index >= 15 is 0 Å². The van der Waals surface area contributed by atoms with Crippen molar-refractivity contribution >= 4 is 17.7 Å². The lowest BCUT2D eigenvalue weighted by Crippen LogP contribution is -2.54. The first-order valence-electron chi connectivity index (χ1n) is 9.37. The van der Waals surface area contributed by atoms with E-state index in [4.69, 9.17) is 0 Å². The van der Waals surface area contributed by atoms with Crippen molar-refractivity contribution in [2.45, 2.75) is 76.9 Å². The smallest absolute Gasteiger partial charge is 0.243 e. The summed E-state index contributed by atoms with van der Waals surface area (Å²) in [7, 11) is 0.